The summed E-state index contributed by atoms with van der Waals surface area (Å²) < 4.78 is 0. The molecule has 2 aromatic rings. The lowest BCUT2D eigenvalue weighted by molar-refractivity contribution is -0.124. The highest BCUT2D eigenvalue weighted by Gasteiger charge is 2.43. The summed E-state index contributed by atoms with van der Waals surface area (Å²) >= 11 is 6.16. The monoisotopic (exact) mass is 415 g/mol. The number of nitrogens with one attached hydrogen (secondary N) is 2. The van der Waals surface area contributed by atoms with Gasteiger partial charge in [-0.3, -0.25) is 14.6 Å². The molecule has 2 bridgehead atoms. The van der Waals surface area contributed by atoms with Crippen molar-refractivity contribution >= 4 is 34.1 Å². The van der Waals surface area contributed by atoms with Gasteiger partial charge in [-0.2, -0.15) is 0 Å². The highest BCUT2D eigenvalue weighted by atomic mass is 35.5. The molecule has 3 heterocycles. The first-order valence-electron chi connectivity index (χ1n) is 10.4. The predicted molar refractivity (Wildman–Crippen MR) is 118 cm³/mol. The number of pyridine rings is 1. The van der Waals surface area contributed by atoms with Crippen LogP contribution in [-0.2, 0) is 4.79 Å². The summed E-state index contributed by atoms with van der Waals surface area (Å²) in [7, 11) is 0. The minimum atomic E-state index is -0.173. The Kier molecular flexibility index (Phi) is 5.69. The molecule has 29 heavy (non-hydrogen) atoms. The molecule has 6 nitrogen and oxygen atoms in total. The van der Waals surface area contributed by atoms with Crippen LogP contribution in [0.25, 0.3) is 10.8 Å². The average molecular weight is 416 g/mol. The average Bonchev–Trinajstić information content (AvgIpc) is 3.20. The van der Waals surface area contributed by atoms with E-state index in [0.29, 0.717) is 18.6 Å². The molecule has 2 saturated heterocycles. The second kappa shape index (κ2) is 8.09. The molecule has 2 aliphatic rings. The van der Waals surface area contributed by atoms with E-state index in [1.54, 1.807) is 0 Å². The Balaban J connectivity index is 1.27. The van der Waals surface area contributed by atoms with Crippen LogP contribution in [0.1, 0.15) is 27.2 Å². The van der Waals surface area contributed by atoms with Crippen LogP contribution in [0.2, 0.25) is 5.02 Å². The van der Waals surface area contributed by atoms with Gasteiger partial charge in [0.05, 0.1) is 6.54 Å². The predicted octanol–water partition coefficient (Wildman–Crippen LogP) is 2.97. The van der Waals surface area contributed by atoms with E-state index >= 15 is 0 Å². The maximum Gasteiger partial charge on any atom is 0.234 e. The Morgan fingerprint density at radius 3 is 2.69 bits per heavy atom. The van der Waals surface area contributed by atoms with Crippen molar-refractivity contribution in [2.45, 2.75) is 44.8 Å². The van der Waals surface area contributed by atoms with Crippen LogP contribution in [-0.4, -0.2) is 71.0 Å². The number of rotatable bonds is 6. The fourth-order valence-corrected chi connectivity index (χ4v) is 4.71. The van der Waals surface area contributed by atoms with Gasteiger partial charge in [-0.15, -0.1) is 0 Å². The number of hydrogen-bond acceptors (Lipinski definition) is 5. The largest absolute Gasteiger partial charge is 0.368 e. The number of piperazine rings is 1. The van der Waals surface area contributed by atoms with Crippen LogP contribution < -0.4 is 10.6 Å². The second-order valence-electron chi connectivity index (χ2n) is 9.22. The van der Waals surface area contributed by atoms with Crippen LogP contribution in [0.5, 0.6) is 0 Å². The Morgan fingerprint density at radius 2 is 1.97 bits per heavy atom. The molecule has 2 N–H and O–H groups in total. The number of likely N-dealkylation sites (tertiary alicyclic amines) is 2. The highest BCUT2D eigenvalue weighted by Crippen LogP contribution is 2.30. The quantitative estimate of drug-likeness (QED) is 0.759. The normalized spacial score (nSPS) is 22.3. The summed E-state index contributed by atoms with van der Waals surface area (Å²) in [6.45, 7) is 10.4. The smallest absolute Gasteiger partial charge is 0.234 e. The van der Waals surface area contributed by atoms with E-state index < -0.39 is 0 Å². The number of fused-ring (bicyclic) bond motifs is 3. The van der Waals surface area contributed by atoms with Crippen molar-refractivity contribution in [1.82, 2.24) is 20.1 Å². The fourth-order valence-electron chi connectivity index (χ4n) is 4.54. The van der Waals surface area contributed by atoms with Crippen molar-refractivity contribution in [2.24, 2.45) is 0 Å². The molecule has 2 fully saturated rings. The number of halogens is 1. The maximum absolute atomic E-state index is 12.2. The zero-order valence-corrected chi connectivity index (χ0v) is 18.2. The topological polar surface area (TPSA) is 60.5 Å². The van der Waals surface area contributed by atoms with Gasteiger partial charge < -0.3 is 10.6 Å². The summed E-state index contributed by atoms with van der Waals surface area (Å²) in [6, 6.07) is 8.92. The minimum absolute atomic E-state index is 0.124. The third-order valence-electron chi connectivity index (χ3n) is 5.75. The zero-order chi connectivity index (χ0) is 20.6. The lowest BCUT2D eigenvalue weighted by atomic mass is 10.1. The van der Waals surface area contributed by atoms with Gasteiger partial charge in [-0.1, -0.05) is 17.7 Å². The Hall–Kier alpha value is -1.89. The molecule has 0 unspecified atom stereocenters. The van der Waals surface area contributed by atoms with Crippen molar-refractivity contribution in [3.8, 4) is 0 Å². The van der Waals surface area contributed by atoms with E-state index in [-0.39, 0.29) is 11.4 Å². The number of carbonyl (C=O) groups is 1. The van der Waals surface area contributed by atoms with Crippen LogP contribution in [0, 0.1) is 0 Å². The van der Waals surface area contributed by atoms with Crippen molar-refractivity contribution in [3.05, 3.63) is 35.5 Å². The summed E-state index contributed by atoms with van der Waals surface area (Å²) in [6.07, 6.45) is 2.99. The van der Waals surface area contributed by atoms with E-state index in [2.05, 4.69) is 25.4 Å². The molecule has 156 valence electrons. The van der Waals surface area contributed by atoms with E-state index in [0.717, 1.165) is 54.2 Å². The summed E-state index contributed by atoms with van der Waals surface area (Å²) in [4.78, 5) is 21.6. The van der Waals surface area contributed by atoms with Gasteiger partial charge in [0.1, 0.15) is 5.82 Å². The third-order valence-corrected chi connectivity index (χ3v) is 5.98. The van der Waals surface area contributed by atoms with E-state index in [9.17, 15) is 4.79 Å². The first-order chi connectivity index (χ1) is 13.8. The van der Waals surface area contributed by atoms with E-state index in [1.807, 2.05) is 51.2 Å². The van der Waals surface area contributed by atoms with E-state index in [1.165, 1.54) is 0 Å². The van der Waals surface area contributed by atoms with Crippen LogP contribution in [0.15, 0.2) is 30.5 Å². The molecule has 4 rings (SSSR count). The molecule has 0 radical (unpaired) electrons. The van der Waals surface area contributed by atoms with Crippen molar-refractivity contribution < 1.29 is 4.79 Å². The summed E-state index contributed by atoms with van der Waals surface area (Å²) in [5.74, 6) is 1.01. The molecule has 0 aliphatic carbocycles. The van der Waals surface area contributed by atoms with Gasteiger partial charge in [0.2, 0.25) is 5.91 Å². The molecule has 0 saturated carbocycles. The lowest BCUT2D eigenvalue weighted by Crippen LogP contribution is -2.52. The summed E-state index contributed by atoms with van der Waals surface area (Å²) in [5.41, 5.74) is -0.173. The standard InChI is InChI=1S/C22H30ClN5O/c1-22(2,3)26-20(29)14-28-13-17-11-18(28)12-27(17)9-8-25-21-19-10-16(23)5-4-15(19)6-7-24-21/h4-7,10,17-18H,8-9,11-14H2,1-3H3,(H,24,25)(H,26,29)/t17-,18-/m0/s1. The Labute approximate surface area is 177 Å². The van der Waals surface area contributed by atoms with Gasteiger partial charge in [-0.25, -0.2) is 4.98 Å². The summed E-state index contributed by atoms with van der Waals surface area (Å²) in [5, 5.41) is 9.46. The van der Waals surface area contributed by atoms with Crippen molar-refractivity contribution in [3.63, 3.8) is 0 Å². The van der Waals surface area contributed by atoms with Crippen LogP contribution in [0.3, 0.4) is 0 Å². The molecular formula is C22H30ClN5O. The third kappa shape index (κ3) is 4.82. The van der Waals surface area contributed by atoms with Crippen LogP contribution in [0.4, 0.5) is 5.82 Å². The first-order valence-corrected chi connectivity index (χ1v) is 10.7. The van der Waals surface area contributed by atoms with Crippen molar-refractivity contribution in [1.29, 1.82) is 0 Å². The number of aromatic nitrogens is 1. The van der Waals surface area contributed by atoms with Crippen molar-refractivity contribution in [2.75, 3.05) is 38.0 Å². The van der Waals surface area contributed by atoms with Gasteiger partial charge in [0.25, 0.3) is 0 Å². The Bertz CT molecular complexity index is 896. The fraction of sp³-hybridized carbons (Fsp3) is 0.545. The number of carbonyl (C=O) groups excluding carboxylic acids is 1. The SMILES string of the molecule is CC(C)(C)NC(=O)CN1C[C@@H]2C[C@H]1CN2CCNc1nccc2ccc(Cl)cc12. The van der Waals surface area contributed by atoms with Gasteiger partial charge in [-0.05, 0) is 50.8 Å². The zero-order valence-electron chi connectivity index (χ0n) is 17.4. The number of anilines is 1. The minimum Gasteiger partial charge on any atom is -0.368 e. The molecule has 1 aromatic carbocycles. The van der Waals surface area contributed by atoms with Crippen LogP contribution >= 0.6 is 11.6 Å². The second-order valence-corrected chi connectivity index (χ2v) is 9.65. The molecule has 7 heteroatoms. The van der Waals surface area contributed by atoms with Gasteiger partial charge in [0.15, 0.2) is 0 Å². The van der Waals surface area contributed by atoms with Gasteiger partial charge >= 0.3 is 0 Å². The number of benzene rings is 1. The highest BCUT2D eigenvalue weighted by molar-refractivity contribution is 6.31. The van der Waals surface area contributed by atoms with Gasteiger partial charge in [0, 0.05) is 60.4 Å². The Morgan fingerprint density at radius 1 is 1.21 bits per heavy atom. The molecule has 1 amide bonds. The number of hydrogen-bond donors (Lipinski definition) is 2. The molecular weight excluding hydrogens is 386 g/mol. The molecule has 2 atom stereocenters. The first kappa shape index (κ1) is 20.4. The molecule has 0 spiro atoms. The maximum atomic E-state index is 12.2. The van der Waals surface area contributed by atoms with E-state index in [4.69, 9.17) is 11.6 Å². The molecule has 1 aromatic heterocycles. The number of nitrogens with zero attached hydrogens (tertiary/aromatic N) is 3. The molecule has 2 aliphatic heterocycles. The number of amides is 1. The lowest BCUT2D eigenvalue weighted by Gasteiger charge is -2.34.